The second-order valence-electron chi connectivity index (χ2n) is 0.247. The Morgan fingerprint density at radius 2 is 1.00 bits per heavy atom. The van der Waals surface area contributed by atoms with Gasteiger partial charge in [0.25, 0.3) is 0 Å². The minimum absolute atomic E-state index is 0. The van der Waals surface area contributed by atoms with E-state index in [0.717, 1.165) is 0 Å². The standard InChI is InChI=1S/CHCl3.Pd/c2-1(3)4;/h1H;/q;+2. The van der Waals surface area contributed by atoms with E-state index in [0.29, 0.717) is 0 Å². The molecule has 4 heteroatoms. The topological polar surface area (TPSA) is 0 Å². The number of hydrogen-bond donors (Lipinski definition) is 0. The first-order valence-corrected chi connectivity index (χ1v) is 1.96. The summed E-state index contributed by atoms with van der Waals surface area (Å²) in [5, 5.41) is 0. The molecule has 0 amide bonds. The van der Waals surface area contributed by atoms with Crippen molar-refractivity contribution in [1.82, 2.24) is 0 Å². The summed E-state index contributed by atoms with van der Waals surface area (Å²) in [6, 6.07) is 0. The minimum Gasteiger partial charge on any atom is -0.0874 e. The van der Waals surface area contributed by atoms with Gasteiger partial charge in [-0.1, -0.05) is 34.8 Å². The average molecular weight is 226 g/mol. The Balaban J connectivity index is 0. The van der Waals surface area contributed by atoms with E-state index in [1.165, 1.54) is 0 Å². The average Bonchev–Trinajstić information content (AvgIpc) is 0.811. The molecule has 0 saturated heterocycles. The Morgan fingerprint density at radius 3 is 1.00 bits per heavy atom. The van der Waals surface area contributed by atoms with Gasteiger partial charge in [0.2, 0.25) is 0 Å². The summed E-state index contributed by atoms with van der Waals surface area (Å²) >= 11 is 14.4. The maximum absolute atomic E-state index is 4.81. The van der Waals surface area contributed by atoms with Crippen LogP contribution in [0.4, 0.5) is 0 Å². The van der Waals surface area contributed by atoms with Crippen LogP contribution in [0.5, 0.6) is 0 Å². The summed E-state index contributed by atoms with van der Waals surface area (Å²) in [5.74, 6) is 0. The molecule has 0 N–H and O–H groups in total. The van der Waals surface area contributed by atoms with E-state index in [-0.39, 0.29) is 20.4 Å². The molecule has 0 aromatic rings. The van der Waals surface area contributed by atoms with Crippen LogP contribution in [0.25, 0.3) is 0 Å². The van der Waals surface area contributed by atoms with Crippen molar-refractivity contribution in [2.24, 2.45) is 0 Å². The fraction of sp³-hybridized carbons (Fsp3) is 1.00. The van der Waals surface area contributed by atoms with Gasteiger partial charge in [-0.15, -0.1) is 0 Å². The Morgan fingerprint density at radius 1 is 1.00 bits per heavy atom. The van der Waals surface area contributed by atoms with Crippen molar-refractivity contribution in [2.75, 3.05) is 0 Å². The quantitative estimate of drug-likeness (QED) is 0.437. The predicted molar refractivity (Wildman–Crippen MR) is 21.3 cm³/mol. The van der Waals surface area contributed by atoms with Gasteiger partial charge in [0.1, 0.15) is 0 Å². The van der Waals surface area contributed by atoms with Gasteiger partial charge >= 0.3 is 20.4 Å². The Hall–Kier alpha value is 1.53. The summed E-state index contributed by atoms with van der Waals surface area (Å²) in [6.45, 7) is 0. The van der Waals surface area contributed by atoms with Crippen molar-refractivity contribution in [3.8, 4) is 0 Å². The third-order valence-corrected chi connectivity index (χ3v) is 0. The van der Waals surface area contributed by atoms with Crippen LogP contribution in [0.15, 0.2) is 0 Å². The molecule has 0 aliphatic carbocycles. The molecule has 0 radical (unpaired) electrons. The van der Waals surface area contributed by atoms with E-state index in [1.54, 1.807) is 0 Å². The first-order chi connectivity index (χ1) is 1.73. The van der Waals surface area contributed by atoms with Gasteiger partial charge in [-0.05, 0) is 0 Å². The SMILES string of the molecule is ClC(Cl)Cl.[Pd+2]. The molecule has 34 valence electrons. The van der Waals surface area contributed by atoms with E-state index < -0.39 is 4.30 Å². The molecule has 0 nitrogen and oxygen atoms in total. The van der Waals surface area contributed by atoms with Gasteiger partial charge in [0.05, 0.1) is 0 Å². The van der Waals surface area contributed by atoms with Crippen LogP contribution in [0, 0.1) is 0 Å². The van der Waals surface area contributed by atoms with Crippen molar-refractivity contribution in [3.05, 3.63) is 0 Å². The van der Waals surface area contributed by atoms with Crippen molar-refractivity contribution in [3.63, 3.8) is 0 Å². The van der Waals surface area contributed by atoms with Gasteiger partial charge in [0, 0.05) is 0 Å². The van der Waals surface area contributed by atoms with Crippen LogP contribution >= 0.6 is 34.8 Å². The van der Waals surface area contributed by atoms with Crippen molar-refractivity contribution in [2.45, 2.75) is 4.30 Å². The molecular formula is CHCl3Pd+2. The number of alkyl halides is 3. The number of hydrogen-bond acceptors (Lipinski definition) is 0. The van der Waals surface area contributed by atoms with Crippen LogP contribution < -0.4 is 0 Å². The summed E-state index contributed by atoms with van der Waals surface area (Å²) in [7, 11) is 0. The molecule has 0 rings (SSSR count). The van der Waals surface area contributed by atoms with Crippen LogP contribution in [0.3, 0.4) is 0 Å². The van der Waals surface area contributed by atoms with Crippen LogP contribution in [-0.2, 0) is 20.4 Å². The monoisotopic (exact) mass is 224 g/mol. The van der Waals surface area contributed by atoms with Gasteiger partial charge in [-0.3, -0.25) is 0 Å². The number of halogens is 3. The third kappa shape index (κ3) is 29.4. The molecule has 0 aliphatic heterocycles. The van der Waals surface area contributed by atoms with E-state index >= 15 is 0 Å². The first-order valence-electron chi connectivity index (χ1n) is 0.655. The largest absolute Gasteiger partial charge is 2.00 e. The van der Waals surface area contributed by atoms with E-state index in [4.69, 9.17) is 34.8 Å². The van der Waals surface area contributed by atoms with Crippen molar-refractivity contribution >= 4 is 34.8 Å². The predicted octanol–water partition coefficient (Wildman–Crippen LogP) is 1.98. The molecule has 0 atom stereocenters. The molecule has 0 unspecified atom stereocenters. The molecular weight excluding hydrogens is 225 g/mol. The zero-order chi connectivity index (χ0) is 3.58. The van der Waals surface area contributed by atoms with E-state index in [9.17, 15) is 0 Å². The van der Waals surface area contributed by atoms with Crippen LogP contribution in [0.1, 0.15) is 0 Å². The normalized spacial score (nSPS) is 7.20. The van der Waals surface area contributed by atoms with Crippen molar-refractivity contribution in [1.29, 1.82) is 0 Å². The van der Waals surface area contributed by atoms with Gasteiger partial charge in [0.15, 0.2) is 4.30 Å². The molecule has 0 aromatic heterocycles. The summed E-state index contributed by atoms with van der Waals surface area (Å²) in [4.78, 5) is 0. The molecule has 0 fully saturated rings. The van der Waals surface area contributed by atoms with E-state index in [1.807, 2.05) is 0 Å². The smallest absolute Gasteiger partial charge is 0.0874 e. The van der Waals surface area contributed by atoms with Gasteiger partial charge in [-0.25, -0.2) is 0 Å². The molecule has 0 saturated carbocycles. The van der Waals surface area contributed by atoms with Crippen molar-refractivity contribution < 1.29 is 20.4 Å². The molecule has 0 bridgehead atoms. The molecule has 0 aromatic carbocycles. The first kappa shape index (κ1) is 9.73. The second kappa shape index (κ2) is 5.53. The maximum Gasteiger partial charge on any atom is 2.00 e. The summed E-state index contributed by atoms with van der Waals surface area (Å²) in [5.41, 5.74) is 0. The summed E-state index contributed by atoms with van der Waals surface area (Å²) < 4.78 is -0.750. The zero-order valence-corrected chi connectivity index (χ0v) is 5.85. The second-order valence-corrected chi connectivity index (χ2v) is 2.23. The Kier molecular flexibility index (Phi) is 10.8. The van der Waals surface area contributed by atoms with Gasteiger partial charge < -0.3 is 0 Å². The fourth-order valence-electron chi connectivity index (χ4n) is 0. The molecule has 0 heterocycles. The van der Waals surface area contributed by atoms with Crippen LogP contribution in [-0.4, -0.2) is 4.30 Å². The maximum atomic E-state index is 4.81. The third-order valence-electron chi connectivity index (χ3n) is 0. The zero-order valence-electron chi connectivity index (χ0n) is 2.03. The van der Waals surface area contributed by atoms with E-state index in [2.05, 4.69) is 0 Å². The van der Waals surface area contributed by atoms with Crippen LogP contribution in [0.2, 0.25) is 0 Å². The molecule has 0 aliphatic rings. The van der Waals surface area contributed by atoms with Gasteiger partial charge in [-0.2, -0.15) is 0 Å². The Bertz CT molecular complexity index is 11.6. The summed E-state index contributed by atoms with van der Waals surface area (Å²) in [6.07, 6.45) is 0. The minimum atomic E-state index is -0.750. The Labute approximate surface area is 59.4 Å². The molecule has 5 heavy (non-hydrogen) atoms. The number of rotatable bonds is 0. The molecule has 0 spiro atoms. The fourth-order valence-corrected chi connectivity index (χ4v) is 0.